The molecule has 7 nitrogen and oxygen atoms in total. The van der Waals surface area contributed by atoms with E-state index in [1.165, 1.54) is 12.5 Å². The molecule has 2 unspecified atom stereocenters. The van der Waals surface area contributed by atoms with Gasteiger partial charge in [0.2, 0.25) is 11.8 Å². The van der Waals surface area contributed by atoms with E-state index in [9.17, 15) is 14.4 Å². The number of H-pyrrole nitrogens is 1. The van der Waals surface area contributed by atoms with Crippen LogP contribution in [0, 0.1) is 0 Å². The van der Waals surface area contributed by atoms with Crippen molar-refractivity contribution in [2.45, 2.75) is 44.7 Å². The minimum atomic E-state index is -0.743. The molecule has 1 aromatic heterocycles. The first-order chi connectivity index (χ1) is 11.4. The smallest absolute Gasteiger partial charge is 0.238 e. The number of carbonyl (C=O) groups is 3. The highest BCUT2D eigenvalue weighted by Crippen LogP contribution is 2.23. The third-order valence-electron chi connectivity index (χ3n) is 4.26. The molecule has 0 aromatic carbocycles. The standard InChI is InChI=1S/C17H24N4O3/c1-10(22)14(21-17(24)15(19-2)8-16(18)23)7-11-9-20-13-6-4-3-5-12(11)13/h4,6,9,14-15,19-20H,3,5,7-8H2,1-2H3,(H2,18,23)(H,21,24). The molecule has 1 aliphatic rings. The van der Waals surface area contributed by atoms with Gasteiger partial charge in [0.15, 0.2) is 5.78 Å². The molecule has 5 N–H and O–H groups in total. The lowest BCUT2D eigenvalue weighted by atomic mass is 9.95. The molecule has 7 heteroatoms. The number of primary amides is 1. The van der Waals surface area contributed by atoms with Gasteiger partial charge in [0.05, 0.1) is 18.5 Å². The van der Waals surface area contributed by atoms with Gasteiger partial charge in [-0.25, -0.2) is 0 Å². The van der Waals surface area contributed by atoms with E-state index >= 15 is 0 Å². The topological polar surface area (TPSA) is 117 Å². The number of Topliss-reactive ketones (excluding diaryl/α,β-unsaturated/α-hetero) is 1. The van der Waals surface area contributed by atoms with Crippen LogP contribution in [0.25, 0.3) is 6.08 Å². The number of amides is 2. The molecule has 0 aliphatic heterocycles. The van der Waals surface area contributed by atoms with Gasteiger partial charge in [0.25, 0.3) is 0 Å². The first kappa shape index (κ1) is 17.9. The van der Waals surface area contributed by atoms with Gasteiger partial charge in [-0.15, -0.1) is 0 Å². The van der Waals surface area contributed by atoms with E-state index < -0.39 is 23.9 Å². The lowest BCUT2D eigenvalue weighted by molar-refractivity contribution is -0.130. The molecule has 0 bridgehead atoms. The van der Waals surface area contributed by atoms with Crippen LogP contribution in [-0.4, -0.2) is 41.7 Å². The maximum Gasteiger partial charge on any atom is 0.238 e. The molecule has 0 spiro atoms. The molecule has 2 amide bonds. The molecule has 24 heavy (non-hydrogen) atoms. The Morgan fingerprint density at radius 1 is 1.33 bits per heavy atom. The summed E-state index contributed by atoms with van der Waals surface area (Å²) in [6, 6.07) is -1.38. The number of aromatic nitrogens is 1. The molecular formula is C17H24N4O3. The Labute approximate surface area is 141 Å². The predicted molar refractivity (Wildman–Crippen MR) is 91.1 cm³/mol. The quantitative estimate of drug-likeness (QED) is 0.538. The minimum absolute atomic E-state index is 0.114. The molecule has 0 saturated carbocycles. The summed E-state index contributed by atoms with van der Waals surface area (Å²) in [6.07, 6.45) is 8.23. The zero-order valence-electron chi connectivity index (χ0n) is 14.0. The summed E-state index contributed by atoms with van der Waals surface area (Å²) < 4.78 is 0. The number of carbonyl (C=O) groups excluding carboxylic acids is 3. The van der Waals surface area contributed by atoms with Crippen molar-refractivity contribution in [1.82, 2.24) is 15.6 Å². The largest absolute Gasteiger partial charge is 0.370 e. The Morgan fingerprint density at radius 3 is 2.71 bits per heavy atom. The molecular weight excluding hydrogens is 308 g/mol. The normalized spacial score (nSPS) is 15.4. The zero-order valence-corrected chi connectivity index (χ0v) is 14.0. The molecule has 0 radical (unpaired) electrons. The highest BCUT2D eigenvalue weighted by atomic mass is 16.2. The first-order valence-electron chi connectivity index (χ1n) is 8.04. The van der Waals surface area contributed by atoms with Crippen LogP contribution in [0.4, 0.5) is 0 Å². The van der Waals surface area contributed by atoms with Crippen LogP contribution in [0.2, 0.25) is 0 Å². The van der Waals surface area contributed by atoms with Crippen LogP contribution < -0.4 is 16.4 Å². The molecule has 1 aliphatic carbocycles. The maximum atomic E-state index is 12.3. The van der Waals surface area contributed by atoms with Gasteiger partial charge in [-0.1, -0.05) is 6.08 Å². The van der Waals surface area contributed by atoms with Gasteiger partial charge in [-0.05, 0) is 44.0 Å². The third-order valence-corrected chi connectivity index (χ3v) is 4.26. The van der Waals surface area contributed by atoms with Crippen molar-refractivity contribution in [3.63, 3.8) is 0 Å². The molecule has 0 saturated heterocycles. The van der Waals surface area contributed by atoms with Crippen molar-refractivity contribution in [3.05, 3.63) is 29.1 Å². The van der Waals surface area contributed by atoms with Gasteiger partial charge in [0.1, 0.15) is 0 Å². The van der Waals surface area contributed by atoms with Gasteiger partial charge >= 0.3 is 0 Å². The minimum Gasteiger partial charge on any atom is -0.370 e. The number of fused-ring (bicyclic) bond motifs is 1. The number of nitrogens with one attached hydrogen (secondary N) is 3. The lowest BCUT2D eigenvalue weighted by Gasteiger charge is -2.20. The van der Waals surface area contributed by atoms with E-state index in [2.05, 4.69) is 21.7 Å². The number of allylic oxidation sites excluding steroid dienone is 1. The molecule has 1 aromatic rings. The van der Waals surface area contributed by atoms with Crippen LogP contribution in [-0.2, 0) is 27.2 Å². The summed E-state index contributed by atoms with van der Waals surface area (Å²) in [4.78, 5) is 38.5. The molecule has 2 rings (SSSR count). The maximum absolute atomic E-state index is 12.3. The highest BCUT2D eigenvalue weighted by Gasteiger charge is 2.25. The van der Waals surface area contributed by atoms with Crippen LogP contribution >= 0.6 is 0 Å². The fraction of sp³-hybridized carbons (Fsp3) is 0.471. The van der Waals surface area contributed by atoms with Gasteiger partial charge in [0, 0.05) is 18.3 Å². The Morgan fingerprint density at radius 2 is 2.08 bits per heavy atom. The Kier molecular flexibility index (Phi) is 5.92. The highest BCUT2D eigenvalue weighted by molar-refractivity contribution is 5.92. The second-order valence-corrected chi connectivity index (χ2v) is 6.03. The van der Waals surface area contributed by atoms with E-state index in [4.69, 9.17) is 5.73 Å². The van der Waals surface area contributed by atoms with Crippen molar-refractivity contribution < 1.29 is 14.4 Å². The summed E-state index contributed by atoms with van der Waals surface area (Å²) in [5, 5.41) is 5.47. The summed E-state index contributed by atoms with van der Waals surface area (Å²) in [7, 11) is 1.57. The molecule has 1 heterocycles. The predicted octanol–water partition coefficient (Wildman–Crippen LogP) is 0.0538. The second-order valence-electron chi connectivity index (χ2n) is 6.03. The average Bonchev–Trinajstić information content (AvgIpc) is 2.94. The van der Waals surface area contributed by atoms with Gasteiger partial charge in [-0.3, -0.25) is 14.4 Å². The number of rotatable bonds is 8. The first-order valence-corrected chi connectivity index (χ1v) is 8.04. The molecule has 2 atom stereocenters. The number of hydrogen-bond acceptors (Lipinski definition) is 4. The van der Waals surface area contributed by atoms with E-state index in [0.717, 1.165) is 24.1 Å². The molecule has 130 valence electrons. The van der Waals surface area contributed by atoms with Crippen LogP contribution in [0.1, 0.15) is 36.6 Å². The van der Waals surface area contributed by atoms with Crippen LogP contribution in [0.15, 0.2) is 12.3 Å². The van der Waals surface area contributed by atoms with Crippen molar-refractivity contribution in [1.29, 1.82) is 0 Å². The van der Waals surface area contributed by atoms with E-state index in [1.807, 2.05) is 12.3 Å². The number of ketones is 1. The number of nitrogens with two attached hydrogens (primary N) is 1. The SMILES string of the molecule is CNC(CC(N)=O)C(=O)NC(Cc1c[nH]c2c1CCC=C2)C(C)=O. The third kappa shape index (κ3) is 4.32. The second kappa shape index (κ2) is 7.92. The van der Waals surface area contributed by atoms with Crippen molar-refractivity contribution in [3.8, 4) is 0 Å². The van der Waals surface area contributed by atoms with Gasteiger partial charge in [-0.2, -0.15) is 0 Å². The Balaban J connectivity index is 2.08. The van der Waals surface area contributed by atoms with Crippen LogP contribution in [0.5, 0.6) is 0 Å². The number of aromatic amines is 1. The van der Waals surface area contributed by atoms with E-state index in [1.54, 1.807) is 7.05 Å². The summed E-state index contributed by atoms with van der Waals surface area (Å²) in [6.45, 7) is 1.45. The fourth-order valence-corrected chi connectivity index (χ4v) is 2.88. The number of likely N-dealkylation sites (N-methyl/N-ethyl adjacent to an activating group) is 1. The lowest BCUT2D eigenvalue weighted by Crippen LogP contribution is -2.50. The zero-order chi connectivity index (χ0) is 17.7. The Hall–Kier alpha value is -2.41. The van der Waals surface area contributed by atoms with Gasteiger partial charge < -0.3 is 21.4 Å². The monoisotopic (exact) mass is 332 g/mol. The van der Waals surface area contributed by atoms with E-state index in [0.29, 0.717) is 6.42 Å². The van der Waals surface area contributed by atoms with E-state index in [-0.39, 0.29) is 12.2 Å². The number of hydrogen-bond donors (Lipinski definition) is 4. The molecule has 0 fully saturated rings. The summed E-state index contributed by atoms with van der Waals surface area (Å²) >= 11 is 0. The van der Waals surface area contributed by atoms with Crippen LogP contribution in [0.3, 0.4) is 0 Å². The Bertz CT molecular complexity index is 663. The van der Waals surface area contributed by atoms with Crippen molar-refractivity contribution in [2.24, 2.45) is 5.73 Å². The summed E-state index contributed by atoms with van der Waals surface area (Å²) in [5.74, 6) is -1.10. The van der Waals surface area contributed by atoms with Crippen molar-refractivity contribution >= 4 is 23.7 Å². The fourth-order valence-electron chi connectivity index (χ4n) is 2.88. The average molecular weight is 332 g/mol. The summed E-state index contributed by atoms with van der Waals surface area (Å²) in [5.41, 5.74) is 8.44. The van der Waals surface area contributed by atoms with Crippen molar-refractivity contribution in [2.75, 3.05) is 7.05 Å².